The normalized spacial score (nSPS) is 30.1. The first-order valence-corrected chi connectivity index (χ1v) is 7.96. The Balaban J connectivity index is 2.65. The number of nitrogens with two attached hydrogens (primary N) is 1. The Bertz CT molecular complexity index is 456. The maximum atomic E-state index is 11.1. The van der Waals surface area contributed by atoms with Crippen LogP contribution in [0.1, 0.15) is 27.2 Å². The zero-order valence-corrected chi connectivity index (χ0v) is 12.2. The minimum absolute atomic E-state index is 0.00234. The average Bonchev–Trinajstić information content (AvgIpc) is 2.21. The second-order valence-corrected chi connectivity index (χ2v) is 6.69. The fraction of sp³-hybridized carbons (Fsp3) is 0.667. The molecule has 18 heavy (non-hydrogen) atoms. The van der Waals surface area contributed by atoms with Crippen molar-refractivity contribution in [1.29, 1.82) is 0 Å². The third-order valence-corrected chi connectivity index (χ3v) is 3.96. The highest BCUT2D eigenvalue weighted by Gasteiger charge is 2.26. The lowest BCUT2D eigenvalue weighted by atomic mass is 9.83. The van der Waals surface area contributed by atoms with Gasteiger partial charge < -0.3 is 5.73 Å². The molecule has 0 saturated carbocycles. The van der Waals surface area contributed by atoms with Crippen LogP contribution in [0, 0.1) is 0 Å². The van der Waals surface area contributed by atoms with Gasteiger partial charge in [-0.15, -0.1) is 0 Å². The summed E-state index contributed by atoms with van der Waals surface area (Å²) in [6.45, 7) is 5.81. The largest absolute Gasteiger partial charge is 0.319 e. The van der Waals surface area contributed by atoms with Gasteiger partial charge in [0.05, 0.1) is 18.0 Å². The van der Waals surface area contributed by atoms with E-state index in [9.17, 15) is 8.42 Å². The highest BCUT2D eigenvalue weighted by Crippen LogP contribution is 2.24. The maximum absolute atomic E-state index is 11.1. The summed E-state index contributed by atoms with van der Waals surface area (Å²) in [5.74, 6) is 0. The quantitative estimate of drug-likeness (QED) is 0.502. The van der Waals surface area contributed by atoms with Gasteiger partial charge in [-0.25, -0.2) is 8.42 Å². The second-order valence-electron chi connectivity index (χ2n) is 4.91. The van der Waals surface area contributed by atoms with E-state index in [0.717, 1.165) is 18.2 Å². The topological polar surface area (TPSA) is 84.2 Å². The number of nitrogens with one attached hydrogen (secondary N) is 2. The Hall–Kier alpha value is -0.690. The van der Waals surface area contributed by atoms with E-state index in [0.29, 0.717) is 0 Å². The van der Waals surface area contributed by atoms with Crippen LogP contribution < -0.4 is 15.8 Å². The van der Waals surface area contributed by atoms with E-state index < -0.39 is 10.0 Å². The molecule has 3 unspecified atom stereocenters. The molecule has 104 valence electrons. The monoisotopic (exact) mass is 273 g/mol. The van der Waals surface area contributed by atoms with E-state index in [2.05, 4.69) is 10.0 Å². The summed E-state index contributed by atoms with van der Waals surface area (Å²) in [4.78, 5) is 0. The molecular weight excluding hydrogens is 250 g/mol. The first-order chi connectivity index (χ1) is 8.16. The summed E-state index contributed by atoms with van der Waals surface area (Å²) >= 11 is 0. The molecule has 0 saturated heterocycles. The van der Waals surface area contributed by atoms with Crippen LogP contribution in [0.3, 0.4) is 0 Å². The Morgan fingerprint density at radius 3 is 2.61 bits per heavy atom. The zero-order chi connectivity index (χ0) is 14.0. The van der Waals surface area contributed by atoms with Gasteiger partial charge >= 0.3 is 0 Å². The Labute approximate surface area is 110 Å². The molecule has 5 nitrogen and oxygen atoms in total. The number of sulfonamides is 1. The van der Waals surface area contributed by atoms with Crippen molar-refractivity contribution in [3.8, 4) is 0 Å². The minimum atomic E-state index is -3.20. The van der Waals surface area contributed by atoms with E-state index in [-0.39, 0.29) is 17.7 Å². The lowest BCUT2D eigenvalue weighted by Gasteiger charge is -2.32. The lowest BCUT2D eigenvalue weighted by Crippen LogP contribution is -2.48. The molecule has 0 amide bonds. The molecule has 6 heteroatoms. The van der Waals surface area contributed by atoms with Gasteiger partial charge in [0.15, 0.2) is 0 Å². The third kappa shape index (κ3) is 4.20. The summed E-state index contributed by atoms with van der Waals surface area (Å²) in [5.41, 5.74) is 6.93. The molecule has 1 rings (SSSR count). The molecule has 1 aliphatic carbocycles. The van der Waals surface area contributed by atoms with Crippen LogP contribution in [0.15, 0.2) is 23.8 Å². The van der Waals surface area contributed by atoms with E-state index in [4.69, 9.17) is 5.73 Å². The van der Waals surface area contributed by atoms with Crippen molar-refractivity contribution in [3.05, 3.63) is 23.8 Å². The van der Waals surface area contributed by atoms with Crippen molar-refractivity contribution in [2.24, 2.45) is 5.73 Å². The van der Waals surface area contributed by atoms with Gasteiger partial charge in [-0.05, 0) is 20.3 Å². The van der Waals surface area contributed by atoms with Crippen LogP contribution in [-0.4, -0.2) is 32.4 Å². The van der Waals surface area contributed by atoms with Gasteiger partial charge in [0.2, 0.25) is 10.0 Å². The summed E-state index contributed by atoms with van der Waals surface area (Å²) in [6.07, 6.45) is 7.64. The highest BCUT2D eigenvalue weighted by atomic mass is 32.2. The first kappa shape index (κ1) is 15.4. The standard InChI is InChI=1S/C12H23N3O2S/c1-5-12(13)7-6-11(8-9(12)2)14-10(3)15-18(4,16)17/h6-8,10-11,14-15H,5,13H2,1-4H3. The smallest absolute Gasteiger partial charge is 0.210 e. The molecule has 1 aliphatic rings. The van der Waals surface area contributed by atoms with E-state index in [1.54, 1.807) is 6.92 Å². The molecule has 0 radical (unpaired) electrons. The first-order valence-electron chi connectivity index (χ1n) is 6.07. The van der Waals surface area contributed by atoms with Crippen molar-refractivity contribution in [1.82, 2.24) is 10.0 Å². The van der Waals surface area contributed by atoms with Crippen molar-refractivity contribution < 1.29 is 8.42 Å². The van der Waals surface area contributed by atoms with Crippen LogP contribution in [0.25, 0.3) is 0 Å². The third-order valence-electron chi connectivity index (χ3n) is 3.18. The van der Waals surface area contributed by atoms with Crippen LogP contribution in [-0.2, 0) is 10.0 Å². The SMILES string of the molecule is CCC1(N)C=CC(NC(C)NS(C)(=O)=O)C=C1C. The van der Waals surface area contributed by atoms with Gasteiger partial charge in [0, 0.05) is 6.04 Å². The molecule has 0 bridgehead atoms. The number of rotatable bonds is 5. The molecule has 0 spiro atoms. The minimum Gasteiger partial charge on any atom is -0.319 e. The molecule has 0 aromatic rings. The van der Waals surface area contributed by atoms with Crippen molar-refractivity contribution in [3.63, 3.8) is 0 Å². The fourth-order valence-electron chi connectivity index (χ4n) is 2.03. The van der Waals surface area contributed by atoms with E-state index in [1.807, 2.05) is 32.1 Å². The van der Waals surface area contributed by atoms with Gasteiger partial charge in [0.1, 0.15) is 0 Å². The average molecular weight is 273 g/mol. The molecule has 4 N–H and O–H groups in total. The van der Waals surface area contributed by atoms with Crippen LogP contribution in [0.5, 0.6) is 0 Å². The predicted molar refractivity (Wildman–Crippen MR) is 74.5 cm³/mol. The lowest BCUT2D eigenvalue weighted by molar-refractivity contribution is 0.486. The molecule has 0 aliphatic heterocycles. The number of hydrogen-bond donors (Lipinski definition) is 3. The Kier molecular flexibility index (Phi) is 4.72. The van der Waals surface area contributed by atoms with Crippen molar-refractivity contribution in [2.75, 3.05) is 6.26 Å². The van der Waals surface area contributed by atoms with E-state index >= 15 is 0 Å². The molecule has 0 aromatic heterocycles. The van der Waals surface area contributed by atoms with Gasteiger partial charge in [0.25, 0.3) is 0 Å². The summed E-state index contributed by atoms with van der Waals surface area (Å²) in [6, 6.07) is -0.00234. The zero-order valence-electron chi connectivity index (χ0n) is 11.4. The van der Waals surface area contributed by atoms with Crippen LogP contribution >= 0.6 is 0 Å². The Morgan fingerprint density at radius 2 is 2.17 bits per heavy atom. The van der Waals surface area contributed by atoms with Gasteiger partial charge in [-0.3, -0.25) is 5.32 Å². The molecule has 0 fully saturated rings. The number of hydrogen-bond acceptors (Lipinski definition) is 4. The molecular formula is C12H23N3O2S. The highest BCUT2D eigenvalue weighted by molar-refractivity contribution is 7.88. The second kappa shape index (κ2) is 5.52. The summed E-state index contributed by atoms with van der Waals surface area (Å²) in [7, 11) is -3.20. The Morgan fingerprint density at radius 1 is 1.56 bits per heavy atom. The molecule has 0 aromatic carbocycles. The van der Waals surface area contributed by atoms with Crippen molar-refractivity contribution in [2.45, 2.75) is 44.9 Å². The fourth-order valence-corrected chi connectivity index (χ4v) is 2.74. The predicted octanol–water partition coefficient (Wildman–Crippen LogP) is 0.463. The summed E-state index contributed by atoms with van der Waals surface area (Å²) < 4.78 is 24.7. The van der Waals surface area contributed by atoms with Gasteiger partial charge in [-0.1, -0.05) is 30.7 Å². The molecule has 3 atom stereocenters. The van der Waals surface area contributed by atoms with Gasteiger partial charge in [-0.2, -0.15) is 4.72 Å². The van der Waals surface area contributed by atoms with E-state index in [1.165, 1.54) is 0 Å². The summed E-state index contributed by atoms with van der Waals surface area (Å²) in [5, 5.41) is 3.16. The maximum Gasteiger partial charge on any atom is 0.210 e. The van der Waals surface area contributed by atoms with Crippen LogP contribution in [0.4, 0.5) is 0 Å². The van der Waals surface area contributed by atoms with Crippen LogP contribution in [0.2, 0.25) is 0 Å². The molecule has 0 heterocycles. The van der Waals surface area contributed by atoms with Crippen molar-refractivity contribution >= 4 is 10.0 Å².